The molecule has 0 aromatic heterocycles. The Bertz CT molecular complexity index is 143. The van der Waals surface area contributed by atoms with Crippen molar-refractivity contribution < 1.29 is 4.48 Å². The van der Waals surface area contributed by atoms with Crippen LogP contribution in [-0.2, 0) is 0 Å². The van der Waals surface area contributed by atoms with Crippen LogP contribution in [0.2, 0.25) is 0 Å². The molecule has 4 heteroatoms. The minimum atomic E-state index is 0.106. The molecule has 0 bridgehead atoms. The van der Waals surface area contributed by atoms with Crippen LogP contribution in [0.4, 0.5) is 4.48 Å². The molecule has 0 radical (unpaired) electrons. The van der Waals surface area contributed by atoms with Gasteiger partial charge in [0, 0.05) is 6.21 Å². The summed E-state index contributed by atoms with van der Waals surface area (Å²) in [4.78, 5) is 3.65. The lowest BCUT2D eigenvalue weighted by atomic mass is 10.6. The van der Waals surface area contributed by atoms with Crippen LogP contribution in [0.15, 0.2) is 15.7 Å². The number of nitrogens with zero attached hydrogens (tertiary/aromatic N) is 2. The molecule has 0 atom stereocenters. The average molecular weight is 179 g/mol. The van der Waals surface area contributed by atoms with E-state index in [1.807, 2.05) is 0 Å². The van der Waals surface area contributed by atoms with E-state index in [2.05, 4.69) is 20.9 Å². The van der Waals surface area contributed by atoms with Gasteiger partial charge in [0.05, 0.1) is 10.7 Å². The Balaban J connectivity index is 2.63. The van der Waals surface area contributed by atoms with E-state index in [-0.39, 0.29) is 6.67 Å². The SMILES string of the molecule is FN1C=C(Br)C=NC1. The van der Waals surface area contributed by atoms with E-state index < -0.39 is 0 Å². The molecule has 0 aliphatic carbocycles. The quantitative estimate of drug-likeness (QED) is 0.514. The van der Waals surface area contributed by atoms with Gasteiger partial charge in [-0.05, 0) is 15.9 Å². The summed E-state index contributed by atoms with van der Waals surface area (Å²) >= 11 is 3.06. The highest BCUT2D eigenvalue weighted by Gasteiger charge is 1.99. The summed E-state index contributed by atoms with van der Waals surface area (Å²) in [7, 11) is 0. The van der Waals surface area contributed by atoms with Gasteiger partial charge in [0.1, 0.15) is 6.67 Å². The first-order valence-electron chi connectivity index (χ1n) is 2.08. The van der Waals surface area contributed by atoms with Crippen molar-refractivity contribution in [2.24, 2.45) is 4.99 Å². The molecular formula is C4H4BrFN2. The lowest BCUT2D eigenvalue weighted by Gasteiger charge is -2.07. The first-order chi connectivity index (χ1) is 3.79. The number of halogens is 2. The summed E-state index contributed by atoms with van der Waals surface area (Å²) < 4.78 is 12.7. The Morgan fingerprint density at radius 2 is 2.62 bits per heavy atom. The molecule has 2 nitrogen and oxygen atoms in total. The third kappa shape index (κ3) is 1.30. The van der Waals surface area contributed by atoms with Crippen molar-refractivity contribution in [1.29, 1.82) is 0 Å². The molecule has 0 aromatic carbocycles. The summed E-state index contributed by atoms with van der Waals surface area (Å²) in [5.74, 6) is 0. The zero-order valence-electron chi connectivity index (χ0n) is 4.01. The molecule has 0 N–H and O–H groups in total. The number of rotatable bonds is 0. The van der Waals surface area contributed by atoms with Gasteiger partial charge >= 0.3 is 0 Å². The van der Waals surface area contributed by atoms with E-state index in [1.165, 1.54) is 6.20 Å². The largest absolute Gasteiger partial charge is 0.268 e. The standard InChI is InChI=1S/C4H4BrFN2/c5-4-1-7-3-8(6)2-4/h1-2H,3H2. The van der Waals surface area contributed by atoms with Crippen LogP contribution in [0, 0.1) is 0 Å². The lowest BCUT2D eigenvalue weighted by Crippen LogP contribution is -2.09. The Morgan fingerprint density at radius 1 is 1.88 bits per heavy atom. The van der Waals surface area contributed by atoms with Crippen molar-refractivity contribution >= 4 is 22.1 Å². The van der Waals surface area contributed by atoms with Gasteiger partial charge in [0.15, 0.2) is 0 Å². The normalized spacial score (nSPS) is 18.8. The summed E-state index contributed by atoms with van der Waals surface area (Å²) in [6.45, 7) is 0.106. The van der Waals surface area contributed by atoms with Gasteiger partial charge in [0.25, 0.3) is 0 Å². The summed E-state index contributed by atoms with van der Waals surface area (Å²) in [5, 5.41) is 0.504. The second-order valence-electron chi connectivity index (χ2n) is 1.37. The monoisotopic (exact) mass is 178 g/mol. The van der Waals surface area contributed by atoms with E-state index >= 15 is 0 Å². The van der Waals surface area contributed by atoms with Gasteiger partial charge in [-0.25, -0.2) is 0 Å². The van der Waals surface area contributed by atoms with Crippen molar-refractivity contribution in [3.05, 3.63) is 10.7 Å². The second kappa shape index (κ2) is 2.26. The number of aliphatic imine (C=N–C) groups is 1. The van der Waals surface area contributed by atoms with Gasteiger partial charge in [0.2, 0.25) is 0 Å². The Hall–Kier alpha value is -0.380. The van der Waals surface area contributed by atoms with Gasteiger partial charge in [-0.2, -0.15) is 5.12 Å². The molecule has 0 aromatic rings. The molecule has 1 aliphatic heterocycles. The first kappa shape index (κ1) is 5.75. The molecule has 1 heterocycles. The summed E-state index contributed by atoms with van der Waals surface area (Å²) in [6.07, 6.45) is 2.89. The average Bonchev–Trinajstić information content (AvgIpc) is 1.64. The predicted molar refractivity (Wildman–Crippen MR) is 33.3 cm³/mol. The summed E-state index contributed by atoms with van der Waals surface area (Å²) in [5.41, 5.74) is 0. The van der Waals surface area contributed by atoms with E-state index in [1.54, 1.807) is 6.21 Å². The Labute approximate surface area is 54.8 Å². The van der Waals surface area contributed by atoms with Crippen LogP contribution in [0.25, 0.3) is 0 Å². The second-order valence-corrected chi connectivity index (χ2v) is 2.28. The van der Waals surface area contributed by atoms with Crippen molar-refractivity contribution in [1.82, 2.24) is 5.12 Å². The minimum absolute atomic E-state index is 0.106. The van der Waals surface area contributed by atoms with Crippen LogP contribution in [0.3, 0.4) is 0 Å². The zero-order valence-corrected chi connectivity index (χ0v) is 5.60. The lowest BCUT2D eigenvalue weighted by molar-refractivity contribution is 0.0926. The molecule has 0 unspecified atom stereocenters. The van der Waals surface area contributed by atoms with Crippen LogP contribution in [0.5, 0.6) is 0 Å². The topological polar surface area (TPSA) is 15.6 Å². The Morgan fingerprint density at radius 3 is 3.00 bits per heavy atom. The zero-order chi connectivity index (χ0) is 5.98. The van der Waals surface area contributed by atoms with E-state index in [0.29, 0.717) is 9.60 Å². The van der Waals surface area contributed by atoms with E-state index in [4.69, 9.17) is 0 Å². The third-order valence-electron chi connectivity index (χ3n) is 0.695. The fourth-order valence-corrected chi connectivity index (χ4v) is 0.781. The van der Waals surface area contributed by atoms with Gasteiger partial charge in [-0.15, -0.1) is 0 Å². The molecule has 1 rings (SSSR count). The molecule has 0 spiro atoms. The maximum Gasteiger partial charge on any atom is 0.140 e. The highest BCUT2D eigenvalue weighted by Crippen LogP contribution is 2.08. The van der Waals surface area contributed by atoms with Gasteiger partial charge in [-0.1, -0.05) is 4.48 Å². The van der Waals surface area contributed by atoms with Crippen molar-refractivity contribution in [3.63, 3.8) is 0 Å². The maximum absolute atomic E-state index is 12.0. The predicted octanol–water partition coefficient (Wildman–Crippen LogP) is 1.45. The van der Waals surface area contributed by atoms with E-state index in [0.717, 1.165) is 0 Å². The highest BCUT2D eigenvalue weighted by atomic mass is 79.9. The number of hydrogen-bond donors (Lipinski definition) is 0. The fourth-order valence-electron chi connectivity index (χ4n) is 0.414. The summed E-state index contributed by atoms with van der Waals surface area (Å²) in [6, 6.07) is 0. The van der Waals surface area contributed by atoms with Gasteiger partial charge in [-0.3, -0.25) is 4.99 Å². The maximum atomic E-state index is 12.0. The van der Waals surface area contributed by atoms with Crippen molar-refractivity contribution in [3.8, 4) is 0 Å². The molecule has 8 heavy (non-hydrogen) atoms. The smallest absolute Gasteiger partial charge is 0.140 e. The Kier molecular flexibility index (Phi) is 1.62. The first-order valence-corrected chi connectivity index (χ1v) is 2.88. The van der Waals surface area contributed by atoms with Crippen molar-refractivity contribution in [2.45, 2.75) is 0 Å². The highest BCUT2D eigenvalue weighted by molar-refractivity contribution is 9.12. The number of hydrogen-bond acceptors (Lipinski definition) is 2. The number of allylic oxidation sites excluding steroid dienone is 1. The molecule has 44 valence electrons. The van der Waals surface area contributed by atoms with Gasteiger partial charge < -0.3 is 0 Å². The molecule has 0 fully saturated rings. The fraction of sp³-hybridized carbons (Fsp3) is 0.250. The molecule has 0 saturated carbocycles. The molecule has 0 amide bonds. The molecular weight excluding hydrogens is 175 g/mol. The van der Waals surface area contributed by atoms with Crippen LogP contribution in [0.1, 0.15) is 0 Å². The van der Waals surface area contributed by atoms with Crippen LogP contribution >= 0.6 is 15.9 Å². The third-order valence-corrected chi connectivity index (χ3v) is 1.10. The van der Waals surface area contributed by atoms with E-state index in [9.17, 15) is 4.48 Å². The molecule has 1 aliphatic rings. The van der Waals surface area contributed by atoms with Crippen LogP contribution in [-0.4, -0.2) is 18.0 Å². The minimum Gasteiger partial charge on any atom is -0.268 e. The van der Waals surface area contributed by atoms with Crippen LogP contribution < -0.4 is 0 Å². The van der Waals surface area contributed by atoms with Crippen molar-refractivity contribution in [2.75, 3.05) is 6.67 Å². The molecule has 0 saturated heterocycles.